The molecule has 0 aromatic heterocycles. The molecule has 1 unspecified atom stereocenters. The molecule has 0 amide bonds. The molecule has 0 aliphatic carbocycles. The van der Waals surface area contributed by atoms with Gasteiger partial charge in [-0.1, -0.05) is 39.0 Å². The summed E-state index contributed by atoms with van der Waals surface area (Å²) < 4.78 is 29.8. The van der Waals surface area contributed by atoms with E-state index in [-0.39, 0.29) is 11.6 Å². The van der Waals surface area contributed by atoms with Crippen LogP contribution in [0.15, 0.2) is 38.0 Å². The van der Waals surface area contributed by atoms with Crippen LogP contribution < -0.4 is 0 Å². The van der Waals surface area contributed by atoms with E-state index >= 15 is 0 Å². The van der Waals surface area contributed by atoms with E-state index in [0.717, 1.165) is 0 Å². The number of aliphatic hydroxyl groups is 1. The average molecular weight is 415 g/mol. The minimum Gasteiger partial charge on any atom is -0.414 e. The van der Waals surface area contributed by atoms with Crippen LogP contribution in [0, 0.1) is 0 Å². The molecule has 1 rings (SSSR count). The molecule has 1 aliphatic heterocycles. The summed E-state index contributed by atoms with van der Waals surface area (Å²) >= 11 is 0. The first-order valence-electron chi connectivity index (χ1n) is 9.74. The molecule has 1 heterocycles. The Hall–Kier alpha value is -0.803. The van der Waals surface area contributed by atoms with Gasteiger partial charge in [0, 0.05) is 0 Å². The van der Waals surface area contributed by atoms with Crippen LogP contribution in [0.25, 0.3) is 0 Å². The molecule has 6 nitrogen and oxygen atoms in total. The summed E-state index contributed by atoms with van der Waals surface area (Å²) in [4.78, 5) is 0. The third-order valence-electron chi connectivity index (χ3n) is 5.24. The van der Waals surface area contributed by atoms with Crippen LogP contribution in [-0.2, 0) is 23.4 Å². The number of hydrogen-bond donors (Lipinski definition) is 1. The van der Waals surface area contributed by atoms with Gasteiger partial charge in [-0.25, -0.2) is 0 Å². The highest BCUT2D eigenvalue weighted by atomic mass is 28.4. The Morgan fingerprint density at radius 1 is 0.893 bits per heavy atom. The molecule has 0 aromatic rings. The summed E-state index contributed by atoms with van der Waals surface area (Å²) in [5, 5.41) is 10.6. The fourth-order valence-corrected chi connectivity index (χ4v) is 3.66. The molecule has 1 N–H and O–H groups in total. The SMILES string of the molecule is C=CCO[C@H]1[C@H](OCC=C)[C@@H](OCC=C)C(O)O[C@@H]1CO[Si](C)(C)C(C)(C)C. The molecular formula is C21H38O6Si. The van der Waals surface area contributed by atoms with E-state index in [1.807, 2.05) is 0 Å². The Morgan fingerprint density at radius 3 is 1.82 bits per heavy atom. The zero-order valence-corrected chi connectivity index (χ0v) is 19.1. The first kappa shape index (κ1) is 25.2. The van der Waals surface area contributed by atoms with Crippen LogP contribution in [0.4, 0.5) is 0 Å². The first-order valence-corrected chi connectivity index (χ1v) is 12.6. The van der Waals surface area contributed by atoms with Gasteiger partial charge < -0.3 is 28.5 Å². The Labute approximate surface area is 171 Å². The summed E-state index contributed by atoms with van der Waals surface area (Å²) in [5.74, 6) is 0. The van der Waals surface area contributed by atoms with Gasteiger partial charge in [-0.05, 0) is 18.1 Å². The molecule has 0 bridgehead atoms. The van der Waals surface area contributed by atoms with Crippen molar-refractivity contribution >= 4 is 8.32 Å². The fraction of sp³-hybridized carbons (Fsp3) is 0.714. The fourth-order valence-electron chi connectivity index (χ4n) is 2.64. The van der Waals surface area contributed by atoms with Crippen molar-refractivity contribution in [2.75, 3.05) is 26.4 Å². The molecule has 28 heavy (non-hydrogen) atoms. The molecule has 0 radical (unpaired) electrons. The molecular weight excluding hydrogens is 376 g/mol. The van der Waals surface area contributed by atoms with Crippen molar-refractivity contribution in [3.05, 3.63) is 38.0 Å². The highest BCUT2D eigenvalue weighted by molar-refractivity contribution is 6.74. The van der Waals surface area contributed by atoms with Crippen LogP contribution in [0.1, 0.15) is 20.8 Å². The van der Waals surface area contributed by atoms with Gasteiger partial charge in [0.05, 0.1) is 26.4 Å². The van der Waals surface area contributed by atoms with Crippen LogP contribution in [0.2, 0.25) is 18.1 Å². The molecule has 0 spiro atoms. The summed E-state index contributed by atoms with van der Waals surface area (Å²) in [6.07, 6.45) is 1.53. The van der Waals surface area contributed by atoms with E-state index in [9.17, 15) is 5.11 Å². The standard InChI is InChI=1S/C21H38O6Si/c1-9-12-23-17-16(15-26-28(7,8)21(4,5)6)27-20(22)19(25-14-11-3)18(17)24-13-10-2/h9-11,16-20,22H,1-3,12-15H2,4-8H3/t16-,17-,18+,19-,20?/m1/s1. The van der Waals surface area contributed by atoms with Gasteiger partial charge in [0.1, 0.15) is 24.4 Å². The summed E-state index contributed by atoms with van der Waals surface area (Å²) in [7, 11) is -2.00. The van der Waals surface area contributed by atoms with Crippen molar-refractivity contribution in [2.45, 2.75) is 69.6 Å². The van der Waals surface area contributed by atoms with Gasteiger partial charge in [-0.15, -0.1) is 19.7 Å². The topological polar surface area (TPSA) is 66.4 Å². The van der Waals surface area contributed by atoms with Gasteiger partial charge in [0.25, 0.3) is 0 Å². The van der Waals surface area contributed by atoms with Crippen LogP contribution in [0.5, 0.6) is 0 Å². The predicted octanol–water partition coefficient (Wildman–Crippen LogP) is 3.44. The molecule has 1 saturated heterocycles. The van der Waals surface area contributed by atoms with Gasteiger partial charge in [0.2, 0.25) is 0 Å². The van der Waals surface area contributed by atoms with Crippen LogP contribution in [-0.4, -0.2) is 70.6 Å². The highest BCUT2D eigenvalue weighted by Gasteiger charge is 2.48. The molecule has 1 aliphatic rings. The smallest absolute Gasteiger partial charge is 0.192 e. The Balaban J connectivity index is 3.04. The maximum atomic E-state index is 10.6. The van der Waals surface area contributed by atoms with Gasteiger partial charge >= 0.3 is 0 Å². The second-order valence-corrected chi connectivity index (χ2v) is 13.2. The van der Waals surface area contributed by atoms with E-state index in [2.05, 4.69) is 53.6 Å². The van der Waals surface area contributed by atoms with Gasteiger partial charge in [-0.2, -0.15) is 0 Å². The van der Waals surface area contributed by atoms with Crippen molar-refractivity contribution in [1.82, 2.24) is 0 Å². The molecule has 7 heteroatoms. The third-order valence-corrected chi connectivity index (χ3v) is 9.74. The summed E-state index contributed by atoms with van der Waals surface area (Å²) in [6, 6.07) is 0. The van der Waals surface area contributed by atoms with E-state index in [1.165, 1.54) is 0 Å². The van der Waals surface area contributed by atoms with E-state index < -0.39 is 39.0 Å². The second-order valence-electron chi connectivity index (χ2n) is 8.40. The maximum Gasteiger partial charge on any atom is 0.192 e. The largest absolute Gasteiger partial charge is 0.414 e. The zero-order valence-electron chi connectivity index (χ0n) is 18.1. The van der Waals surface area contributed by atoms with Gasteiger partial charge in [-0.3, -0.25) is 0 Å². The van der Waals surface area contributed by atoms with Crippen LogP contribution in [0.3, 0.4) is 0 Å². The Bertz CT molecular complexity index is 502. The average Bonchev–Trinajstić information content (AvgIpc) is 2.61. The summed E-state index contributed by atoms with van der Waals surface area (Å²) in [6.45, 7) is 23.1. The highest BCUT2D eigenvalue weighted by Crippen LogP contribution is 2.37. The lowest BCUT2D eigenvalue weighted by molar-refractivity contribution is -0.305. The number of aliphatic hydroxyl groups excluding tert-OH is 1. The van der Waals surface area contributed by atoms with E-state index in [1.54, 1.807) is 18.2 Å². The zero-order chi connectivity index (χ0) is 21.4. The van der Waals surface area contributed by atoms with Crippen LogP contribution >= 0.6 is 0 Å². The molecule has 0 saturated carbocycles. The molecule has 5 atom stereocenters. The van der Waals surface area contributed by atoms with Crippen molar-refractivity contribution in [2.24, 2.45) is 0 Å². The van der Waals surface area contributed by atoms with Crippen molar-refractivity contribution in [1.29, 1.82) is 0 Å². The second kappa shape index (κ2) is 11.4. The molecule has 0 aromatic carbocycles. The predicted molar refractivity (Wildman–Crippen MR) is 114 cm³/mol. The lowest BCUT2D eigenvalue weighted by Gasteiger charge is -2.45. The minimum absolute atomic E-state index is 0.0616. The summed E-state index contributed by atoms with van der Waals surface area (Å²) in [5.41, 5.74) is 0. The Kier molecular flexibility index (Phi) is 10.3. The first-order chi connectivity index (χ1) is 13.1. The van der Waals surface area contributed by atoms with E-state index in [4.69, 9.17) is 23.4 Å². The third kappa shape index (κ3) is 6.91. The molecule has 162 valence electrons. The monoisotopic (exact) mass is 414 g/mol. The van der Waals surface area contributed by atoms with E-state index in [0.29, 0.717) is 19.8 Å². The number of rotatable bonds is 12. The normalized spacial score (nSPS) is 28.7. The molecule has 1 fully saturated rings. The number of ether oxygens (including phenoxy) is 4. The van der Waals surface area contributed by atoms with Crippen molar-refractivity contribution in [3.8, 4) is 0 Å². The lowest BCUT2D eigenvalue weighted by Crippen LogP contribution is -2.62. The maximum absolute atomic E-state index is 10.6. The van der Waals surface area contributed by atoms with Crippen molar-refractivity contribution in [3.63, 3.8) is 0 Å². The van der Waals surface area contributed by atoms with Crippen molar-refractivity contribution < 1.29 is 28.5 Å². The minimum atomic E-state index is -2.00. The number of hydrogen-bond acceptors (Lipinski definition) is 6. The van der Waals surface area contributed by atoms with Gasteiger partial charge in [0.15, 0.2) is 14.6 Å². The lowest BCUT2D eigenvalue weighted by atomic mass is 9.98. The Morgan fingerprint density at radius 2 is 1.36 bits per heavy atom. The quantitative estimate of drug-likeness (QED) is 0.390.